The molecule has 15 heavy (non-hydrogen) atoms. The molecule has 0 saturated heterocycles. The highest BCUT2D eigenvalue weighted by Crippen LogP contribution is 1.81. The van der Waals surface area contributed by atoms with Gasteiger partial charge in [0.05, 0.1) is 0 Å². The quantitative estimate of drug-likeness (QED) is 0.363. The van der Waals surface area contributed by atoms with Crippen molar-refractivity contribution >= 4 is 30.0 Å². The maximum atomic E-state index is 10.2. The number of nitrogens with two attached hydrogens (primary N) is 1. The van der Waals surface area contributed by atoms with Crippen molar-refractivity contribution in [3.05, 3.63) is 12.7 Å². The van der Waals surface area contributed by atoms with Crippen LogP contribution in [0.5, 0.6) is 0 Å². The van der Waals surface area contributed by atoms with Gasteiger partial charge < -0.3 is 19.8 Å². The summed E-state index contributed by atoms with van der Waals surface area (Å²) in [5.41, 5.74) is 0. The molecule has 86 valence electrons. The molecular weight excluding hydrogens is 224 g/mol. The number of rotatable bonds is 5. The average Bonchev–Trinajstić information content (AvgIpc) is 2.16. The number of amides is 1. The summed E-state index contributed by atoms with van der Waals surface area (Å²) in [6.45, 7) is 3.26. The fourth-order valence-corrected chi connectivity index (χ4v) is 0.595. The van der Waals surface area contributed by atoms with Crippen molar-refractivity contribution in [1.82, 2.24) is 0 Å². The van der Waals surface area contributed by atoms with E-state index in [0.717, 1.165) is 12.1 Å². The summed E-state index contributed by atoms with van der Waals surface area (Å²) < 4.78 is 1.40. The Morgan fingerprint density at radius 3 is 1.80 bits per heavy atom. The molecule has 7 nitrogen and oxygen atoms in total. The summed E-state index contributed by atoms with van der Waals surface area (Å²) in [5.74, 6) is -2.82. The van der Waals surface area contributed by atoms with Crippen LogP contribution in [-0.2, 0) is 14.4 Å². The van der Waals surface area contributed by atoms with Gasteiger partial charge >= 0.3 is 18.0 Å². The smallest absolute Gasteiger partial charge is 0.350 e. The predicted octanol–water partition coefficient (Wildman–Crippen LogP) is -4.67. The SMILES string of the molecule is C=CC(=O)[NH2+]S[NH3+].O=C([O-])CCC(=O)[O-]. The molecule has 0 atom stereocenters. The molecule has 0 aromatic carbocycles. The summed E-state index contributed by atoms with van der Waals surface area (Å²) in [5, 5.41) is 22.4. The fourth-order valence-electron chi connectivity index (χ4n) is 0.334. The highest BCUT2D eigenvalue weighted by atomic mass is 32.2. The van der Waals surface area contributed by atoms with Crippen LogP contribution in [-0.4, -0.2) is 17.8 Å². The molecular formula is C7H12N2O5S. The third kappa shape index (κ3) is 19.2. The third-order valence-electron chi connectivity index (χ3n) is 0.934. The van der Waals surface area contributed by atoms with Gasteiger partial charge in [0.25, 0.3) is 0 Å². The Kier molecular flexibility index (Phi) is 11.5. The van der Waals surface area contributed by atoms with Crippen LogP contribution in [0.15, 0.2) is 12.7 Å². The topological polar surface area (TPSA) is 142 Å². The summed E-state index contributed by atoms with van der Waals surface area (Å²) in [6.07, 6.45) is 0.308. The minimum absolute atomic E-state index is 0.0833. The lowest BCUT2D eigenvalue weighted by molar-refractivity contribution is -0.425. The second kappa shape index (κ2) is 10.7. The Morgan fingerprint density at radius 1 is 1.27 bits per heavy atom. The highest BCUT2D eigenvalue weighted by molar-refractivity contribution is 7.85. The molecule has 8 heteroatoms. The van der Waals surface area contributed by atoms with Crippen molar-refractivity contribution in [2.75, 3.05) is 0 Å². The van der Waals surface area contributed by atoms with Crippen LogP contribution in [0, 0.1) is 0 Å². The lowest BCUT2D eigenvalue weighted by Crippen LogP contribution is -2.86. The summed E-state index contributed by atoms with van der Waals surface area (Å²) in [7, 11) is 0. The van der Waals surface area contributed by atoms with Gasteiger partial charge in [0.2, 0.25) is 0 Å². The third-order valence-corrected chi connectivity index (χ3v) is 1.33. The van der Waals surface area contributed by atoms with Gasteiger partial charge in [-0.2, -0.15) is 4.72 Å². The first-order chi connectivity index (χ1) is 6.93. The predicted molar refractivity (Wildman–Crippen MR) is 46.9 cm³/mol. The van der Waals surface area contributed by atoms with Gasteiger partial charge in [-0.3, -0.25) is 0 Å². The molecule has 0 unspecified atom stereocenters. The van der Waals surface area contributed by atoms with Gasteiger partial charge in [0.15, 0.2) is 0 Å². The van der Waals surface area contributed by atoms with E-state index in [4.69, 9.17) is 0 Å². The maximum absolute atomic E-state index is 10.2. The molecule has 0 fully saturated rings. The van der Waals surface area contributed by atoms with E-state index >= 15 is 0 Å². The highest BCUT2D eigenvalue weighted by Gasteiger charge is 1.96. The molecule has 0 saturated carbocycles. The first-order valence-corrected chi connectivity index (χ1v) is 4.79. The second-order valence-electron chi connectivity index (χ2n) is 2.14. The van der Waals surface area contributed by atoms with E-state index in [-0.39, 0.29) is 5.91 Å². The van der Waals surface area contributed by atoms with Crippen LogP contribution >= 0.6 is 12.1 Å². The van der Waals surface area contributed by atoms with Crippen LogP contribution < -0.4 is 20.1 Å². The monoisotopic (exact) mass is 236 g/mol. The normalized spacial score (nSPS) is 8.33. The maximum Gasteiger partial charge on any atom is 0.350 e. The summed E-state index contributed by atoms with van der Waals surface area (Å²) in [4.78, 5) is 29.2. The summed E-state index contributed by atoms with van der Waals surface area (Å²) >= 11 is 1.14. The number of carboxylic acids is 2. The van der Waals surface area contributed by atoms with E-state index in [2.05, 4.69) is 11.7 Å². The lowest BCUT2D eigenvalue weighted by Gasteiger charge is -2.00. The Morgan fingerprint density at radius 2 is 1.67 bits per heavy atom. The largest absolute Gasteiger partial charge is 0.550 e. The van der Waals surface area contributed by atoms with E-state index < -0.39 is 24.8 Å². The van der Waals surface area contributed by atoms with Crippen molar-refractivity contribution in [3.8, 4) is 0 Å². The number of hydrogen-bond acceptors (Lipinski definition) is 6. The van der Waals surface area contributed by atoms with Gasteiger partial charge in [0, 0.05) is 18.0 Å². The van der Waals surface area contributed by atoms with Crippen LogP contribution in [0.25, 0.3) is 0 Å². The van der Waals surface area contributed by atoms with Crippen molar-refractivity contribution in [1.29, 1.82) is 0 Å². The van der Waals surface area contributed by atoms with E-state index in [1.807, 2.05) is 0 Å². The van der Waals surface area contributed by atoms with Crippen LogP contribution in [0.3, 0.4) is 0 Å². The molecule has 1 amide bonds. The second-order valence-corrected chi connectivity index (χ2v) is 2.70. The fraction of sp³-hybridized carbons (Fsp3) is 0.286. The minimum atomic E-state index is -1.37. The molecule has 0 aliphatic heterocycles. The van der Waals surface area contributed by atoms with Gasteiger partial charge in [0.1, 0.15) is 0 Å². The Labute approximate surface area is 90.6 Å². The molecule has 0 aliphatic carbocycles. The van der Waals surface area contributed by atoms with Gasteiger partial charge in [-0.05, 0) is 12.8 Å². The molecule has 5 N–H and O–H groups in total. The molecule has 0 radical (unpaired) electrons. The Balaban J connectivity index is 0. The van der Waals surface area contributed by atoms with Crippen molar-refractivity contribution in [2.24, 2.45) is 0 Å². The number of hydrogen-bond donors (Lipinski definition) is 2. The number of aliphatic carboxylic acids is 2. The number of carbonyl (C=O) groups excluding carboxylic acids is 3. The standard InChI is InChI=1S/C4H6O4.C3H6N2OS/c5-3(6)1-2-4(7)8;1-2-3(6)5-7-4/h1-2H2,(H,5,6)(H,7,8);2H,1,4H2,(H,5,6). The number of carbonyl (C=O) groups is 3. The Hall–Kier alpha value is -1.38. The Bertz CT molecular complexity index is 230. The zero-order chi connectivity index (χ0) is 12.3. The molecule has 0 bridgehead atoms. The zero-order valence-electron chi connectivity index (χ0n) is 7.93. The minimum Gasteiger partial charge on any atom is -0.550 e. The number of quaternary nitrogens is 2. The van der Waals surface area contributed by atoms with Gasteiger partial charge in [-0.25, -0.2) is 9.93 Å². The lowest BCUT2D eigenvalue weighted by atomic mass is 10.3. The van der Waals surface area contributed by atoms with Crippen LogP contribution in [0.2, 0.25) is 0 Å². The van der Waals surface area contributed by atoms with E-state index in [1.165, 1.54) is 10.8 Å². The number of primary amides is 1. The van der Waals surface area contributed by atoms with Crippen molar-refractivity contribution < 1.29 is 34.5 Å². The van der Waals surface area contributed by atoms with Gasteiger partial charge in [-0.1, -0.05) is 6.58 Å². The van der Waals surface area contributed by atoms with E-state index in [9.17, 15) is 24.6 Å². The van der Waals surface area contributed by atoms with Gasteiger partial charge in [-0.15, -0.1) is 0 Å². The first-order valence-electron chi connectivity index (χ1n) is 3.74. The zero-order valence-corrected chi connectivity index (χ0v) is 8.75. The summed E-state index contributed by atoms with van der Waals surface area (Å²) in [6, 6.07) is 0. The van der Waals surface area contributed by atoms with E-state index in [0.29, 0.717) is 0 Å². The van der Waals surface area contributed by atoms with Crippen molar-refractivity contribution in [2.45, 2.75) is 12.8 Å². The molecule has 0 rings (SSSR count). The van der Waals surface area contributed by atoms with Crippen molar-refractivity contribution in [3.63, 3.8) is 0 Å². The van der Waals surface area contributed by atoms with Crippen LogP contribution in [0.4, 0.5) is 0 Å². The van der Waals surface area contributed by atoms with E-state index in [1.54, 1.807) is 0 Å². The number of carboxylic acid groups (broad SMARTS) is 2. The average molecular weight is 236 g/mol. The molecule has 0 aromatic rings. The molecule has 0 aliphatic rings. The molecule has 0 spiro atoms. The first kappa shape index (κ1) is 16.1. The van der Waals surface area contributed by atoms with Crippen LogP contribution in [0.1, 0.15) is 12.8 Å². The molecule has 0 aromatic heterocycles. The molecule has 0 heterocycles.